The molecule has 1 fully saturated rings. The molecule has 3 heterocycles. The van der Waals surface area contributed by atoms with Gasteiger partial charge in [0.1, 0.15) is 23.8 Å². The number of aliphatic hydroxyl groups is 3. The van der Waals surface area contributed by atoms with Gasteiger partial charge in [0.2, 0.25) is 5.95 Å². The summed E-state index contributed by atoms with van der Waals surface area (Å²) in [6.07, 6.45) is -2.91. The first-order chi connectivity index (χ1) is 17.0. The molecule has 5 N–H and O–H groups in total. The summed E-state index contributed by atoms with van der Waals surface area (Å²) in [7, 11) is 1.91. The van der Waals surface area contributed by atoms with Crippen molar-refractivity contribution < 1.29 is 20.1 Å². The third-order valence-electron chi connectivity index (χ3n) is 6.99. The zero-order valence-corrected chi connectivity index (χ0v) is 19.1. The number of likely N-dealkylation sites (N-methyl/N-ethyl adjacent to an activating group) is 1. The number of hydrogen-bond donors (Lipinski definition) is 4. The van der Waals surface area contributed by atoms with Gasteiger partial charge in [0.15, 0.2) is 17.7 Å². The molecular formula is C25H26N6O4. The first kappa shape index (κ1) is 21.9. The van der Waals surface area contributed by atoms with E-state index in [4.69, 9.17) is 15.5 Å². The summed E-state index contributed by atoms with van der Waals surface area (Å²) in [6.45, 7) is 0.206. The molecule has 2 aromatic heterocycles. The topological polar surface area (TPSA) is 143 Å². The normalized spacial score (nSPS) is 23.5. The van der Waals surface area contributed by atoms with Gasteiger partial charge in [0.25, 0.3) is 0 Å². The molecule has 0 bridgehead atoms. The van der Waals surface area contributed by atoms with E-state index in [1.807, 2.05) is 11.9 Å². The molecule has 180 valence electrons. The molecule has 0 unspecified atom stereocenters. The second-order valence-electron chi connectivity index (χ2n) is 9.07. The van der Waals surface area contributed by atoms with Crippen molar-refractivity contribution in [3.8, 4) is 11.1 Å². The maximum Gasteiger partial charge on any atom is 0.229 e. The van der Waals surface area contributed by atoms with E-state index in [9.17, 15) is 15.3 Å². The number of rotatable bonds is 5. The van der Waals surface area contributed by atoms with Gasteiger partial charge in [-0.2, -0.15) is 9.97 Å². The van der Waals surface area contributed by atoms with E-state index in [1.165, 1.54) is 33.1 Å². The summed E-state index contributed by atoms with van der Waals surface area (Å²) in [4.78, 5) is 15.4. The highest BCUT2D eigenvalue weighted by Gasteiger charge is 2.44. The van der Waals surface area contributed by atoms with Gasteiger partial charge in [0, 0.05) is 19.5 Å². The minimum Gasteiger partial charge on any atom is -0.394 e. The first-order valence-corrected chi connectivity index (χ1v) is 11.5. The lowest BCUT2D eigenvalue weighted by atomic mass is 9.96. The highest BCUT2D eigenvalue weighted by atomic mass is 16.6. The van der Waals surface area contributed by atoms with E-state index in [-0.39, 0.29) is 11.7 Å². The Labute approximate surface area is 201 Å². The molecule has 0 amide bonds. The molecule has 10 heteroatoms. The van der Waals surface area contributed by atoms with Crippen molar-refractivity contribution in [1.82, 2.24) is 19.5 Å². The van der Waals surface area contributed by atoms with Crippen molar-refractivity contribution in [2.45, 2.75) is 30.5 Å². The number of ether oxygens (including phenoxy) is 1. The van der Waals surface area contributed by atoms with Crippen LogP contribution < -0.4 is 10.6 Å². The number of nitrogens with zero attached hydrogens (tertiary/aromatic N) is 5. The average Bonchev–Trinajstić information content (AvgIpc) is 3.52. The molecular weight excluding hydrogens is 448 g/mol. The molecule has 6 rings (SSSR count). The van der Waals surface area contributed by atoms with Crippen molar-refractivity contribution in [3.05, 3.63) is 66.0 Å². The smallest absolute Gasteiger partial charge is 0.229 e. The number of aliphatic hydroxyl groups excluding tert-OH is 3. The van der Waals surface area contributed by atoms with E-state index in [1.54, 1.807) is 0 Å². The Balaban J connectivity index is 1.35. The molecule has 2 aliphatic rings. The Kier molecular flexibility index (Phi) is 5.19. The maximum absolute atomic E-state index is 10.5. The van der Waals surface area contributed by atoms with Gasteiger partial charge in [0.05, 0.1) is 12.9 Å². The number of benzene rings is 2. The minimum atomic E-state index is -1.26. The van der Waals surface area contributed by atoms with E-state index < -0.39 is 31.1 Å². The van der Waals surface area contributed by atoms with Crippen LogP contribution in [-0.4, -0.2) is 73.3 Å². The molecule has 1 aliphatic carbocycles. The van der Waals surface area contributed by atoms with E-state index in [0.29, 0.717) is 23.7 Å². The predicted molar refractivity (Wildman–Crippen MR) is 130 cm³/mol. The Morgan fingerprint density at radius 2 is 1.66 bits per heavy atom. The van der Waals surface area contributed by atoms with Crippen LogP contribution in [0.25, 0.3) is 22.3 Å². The van der Waals surface area contributed by atoms with Gasteiger partial charge in [-0.1, -0.05) is 48.5 Å². The number of nitrogens with two attached hydrogens (primary N) is 1. The fourth-order valence-corrected chi connectivity index (χ4v) is 5.21. The molecule has 0 radical (unpaired) electrons. The number of hydrogen-bond acceptors (Lipinski definition) is 9. The molecule has 1 aliphatic heterocycles. The van der Waals surface area contributed by atoms with Crippen LogP contribution in [0, 0.1) is 0 Å². The molecule has 0 spiro atoms. The molecule has 1 saturated heterocycles. The summed E-state index contributed by atoms with van der Waals surface area (Å²) in [5, 5.41) is 30.1. The van der Waals surface area contributed by atoms with Crippen molar-refractivity contribution in [3.63, 3.8) is 0 Å². The predicted octanol–water partition coefficient (Wildman–Crippen LogP) is 1.27. The van der Waals surface area contributed by atoms with Crippen molar-refractivity contribution >= 4 is 22.9 Å². The molecule has 10 nitrogen and oxygen atoms in total. The van der Waals surface area contributed by atoms with Crippen LogP contribution in [0.2, 0.25) is 0 Å². The number of imidazole rings is 1. The SMILES string of the molecule is CN(CC1c2ccccc2-c2ccccc21)c1nc(N)c2ncn([C@@H]3O[C@H](CO)[C@@H](O)[C@H]3O)c2n1. The lowest BCUT2D eigenvalue weighted by molar-refractivity contribution is -0.0511. The zero-order chi connectivity index (χ0) is 24.3. The summed E-state index contributed by atoms with van der Waals surface area (Å²) < 4.78 is 7.19. The van der Waals surface area contributed by atoms with Gasteiger partial charge >= 0.3 is 0 Å². The Morgan fingerprint density at radius 3 is 2.29 bits per heavy atom. The van der Waals surface area contributed by atoms with Crippen LogP contribution in [0.5, 0.6) is 0 Å². The number of anilines is 2. The summed E-state index contributed by atoms with van der Waals surface area (Å²) in [5.74, 6) is 0.748. The third kappa shape index (κ3) is 3.37. The lowest BCUT2D eigenvalue weighted by Crippen LogP contribution is -2.33. The van der Waals surface area contributed by atoms with Gasteiger partial charge in [-0.05, 0) is 22.3 Å². The molecule has 35 heavy (non-hydrogen) atoms. The fourth-order valence-electron chi connectivity index (χ4n) is 5.21. The van der Waals surface area contributed by atoms with Crippen LogP contribution in [0.1, 0.15) is 23.3 Å². The van der Waals surface area contributed by atoms with Crippen LogP contribution >= 0.6 is 0 Å². The Morgan fingerprint density at radius 1 is 1.00 bits per heavy atom. The highest BCUT2D eigenvalue weighted by molar-refractivity contribution is 5.83. The summed E-state index contributed by atoms with van der Waals surface area (Å²) in [6, 6.07) is 16.8. The average molecular weight is 475 g/mol. The second-order valence-corrected chi connectivity index (χ2v) is 9.07. The lowest BCUT2D eigenvalue weighted by Gasteiger charge is -2.23. The summed E-state index contributed by atoms with van der Waals surface area (Å²) >= 11 is 0. The quantitative estimate of drug-likeness (QED) is 0.336. The highest BCUT2D eigenvalue weighted by Crippen LogP contribution is 2.45. The molecule has 4 atom stereocenters. The Bertz CT molecular complexity index is 1360. The maximum atomic E-state index is 10.5. The largest absolute Gasteiger partial charge is 0.394 e. The minimum absolute atomic E-state index is 0.137. The monoisotopic (exact) mass is 474 g/mol. The van der Waals surface area contributed by atoms with Gasteiger partial charge in [-0.25, -0.2) is 4.98 Å². The Hall–Kier alpha value is -3.57. The van der Waals surface area contributed by atoms with E-state index in [0.717, 1.165) is 0 Å². The molecule has 2 aromatic carbocycles. The number of nitrogen functional groups attached to an aromatic ring is 1. The van der Waals surface area contributed by atoms with Gasteiger partial charge < -0.3 is 30.7 Å². The van der Waals surface area contributed by atoms with Crippen LogP contribution in [0.15, 0.2) is 54.9 Å². The number of fused-ring (bicyclic) bond motifs is 4. The number of aromatic nitrogens is 4. The van der Waals surface area contributed by atoms with Gasteiger partial charge in [-0.15, -0.1) is 0 Å². The summed E-state index contributed by atoms with van der Waals surface area (Å²) in [5.41, 5.74) is 12.0. The van der Waals surface area contributed by atoms with Crippen LogP contribution in [0.3, 0.4) is 0 Å². The third-order valence-corrected chi connectivity index (χ3v) is 6.99. The van der Waals surface area contributed by atoms with E-state index in [2.05, 4.69) is 58.5 Å². The van der Waals surface area contributed by atoms with E-state index >= 15 is 0 Å². The van der Waals surface area contributed by atoms with Crippen molar-refractivity contribution in [1.29, 1.82) is 0 Å². The molecule has 4 aromatic rings. The van der Waals surface area contributed by atoms with Crippen molar-refractivity contribution in [2.24, 2.45) is 0 Å². The van der Waals surface area contributed by atoms with Crippen LogP contribution in [0.4, 0.5) is 11.8 Å². The first-order valence-electron chi connectivity index (χ1n) is 11.5. The van der Waals surface area contributed by atoms with Gasteiger partial charge in [-0.3, -0.25) is 4.57 Å². The zero-order valence-electron chi connectivity index (χ0n) is 19.1. The van der Waals surface area contributed by atoms with Crippen molar-refractivity contribution in [2.75, 3.05) is 30.8 Å². The van der Waals surface area contributed by atoms with Crippen LogP contribution in [-0.2, 0) is 4.74 Å². The fraction of sp³-hybridized carbons (Fsp3) is 0.320. The molecule has 0 saturated carbocycles. The second kappa shape index (κ2) is 8.28. The standard InChI is InChI=1S/C25H26N6O4/c1-30(10-17-15-8-4-2-6-13(15)14-7-3-5-9-16(14)17)25-28-22(26)19-23(29-25)31(12-27-19)24-21(34)20(33)18(11-32)35-24/h2-9,12,17-18,20-21,24,32-34H,10-11H2,1H3,(H2,26,28,29)/t18-,20-,21-,24-/m1/s1.